The van der Waals surface area contributed by atoms with Crippen molar-refractivity contribution in [1.82, 2.24) is 10.2 Å². The second-order valence-electron chi connectivity index (χ2n) is 5.71. The van der Waals surface area contributed by atoms with Crippen LogP contribution in [0.15, 0.2) is 18.2 Å². The monoisotopic (exact) mass is 262 g/mol. The number of benzene rings is 1. The fourth-order valence-electron chi connectivity index (χ4n) is 2.89. The van der Waals surface area contributed by atoms with Crippen LogP contribution in [0.3, 0.4) is 0 Å². The van der Waals surface area contributed by atoms with Gasteiger partial charge in [0.25, 0.3) is 0 Å². The van der Waals surface area contributed by atoms with Gasteiger partial charge in [-0.05, 0) is 51.9 Å². The number of rotatable bonds is 5. The van der Waals surface area contributed by atoms with E-state index < -0.39 is 0 Å². The summed E-state index contributed by atoms with van der Waals surface area (Å²) in [5.41, 5.74) is 2.59. The lowest BCUT2D eigenvalue weighted by atomic mass is 9.97. The van der Waals surface area contributed by atoms with Crippen LogP contribution in [0.1, 0.15) is 24.0 Å². The summed E-state index contributed by atoms with van der Waals surface area (Å²) in [6, 6.07) is 6.41. The summed E-state index contributed by atoms with van der Waals surface area (Å²) in [5.74, 6) is 1.84. The van der Waals surface area contributed by atoms with Crippen LogP contribution in [0.25, 0.3) is 0 Å². The van der Waals surface area contributed by atoms with E-state index in [4.69, 9.17) is 4.74 Å². The number of hydrogen-bond donors (Lipinski definition) is 1. The zero-order chi connectivity index (χ0) is 13.7. The quantitative estimate of drug-likeness (QED) is 0.882. The minimum absolute atomic E-state index is 0.835. The summed E-state index contributed by atoms with van der Waals surface area (Å²) < 4.78 is 5.45. The van der Waals surface area contributed by atoms with Crippen molar-refractivity contribution in [2.45, 2.75) is 26.3 Å². The molecule has 19 heavy (non-hydrogen) atoms. The molecule has 3 heteroatoms. The molecule has 2 rings (SSSR count). The molecular formula is C16H26N2O. The number of nitrogens with one attached hydrogen (secondary N) is 1. The smallest absolute Gasteiger partial charge is 0.123 e. The first-order valence-corrected chi connectivity index (χ1v) is 7.22. The first-order chi connectivity index (χ1) is 9.19. The van der Waals surface area contributed by atoms with E-state index in [0.717, 1.165) is 18.2 Å². The molecule has 0 atom stereocenters. The van der Waals surface area contributed by atoms with Gasteiger partial charge in [-0.25, -0.2) is 0 Å². The van der Waals surface area contributed by atoms with Crippen LogP contribution in [0.5, 0.6) is 5.75 Å². The van der Waals surface area contributed by atoms with Crippen LogP contribution in [0, 0.1) is 12.8 Å². The molecule has 0 aliphatic carbocycles. The molecule has 0 unspecified atom stereocenters. The molecular weight excluding hydrogens is 236 g/mol. The third kappa shape index (κ3) is 4.22. The number of hydrogen-bond acceptors (Lipinski definition) is 3. The highest BCUT2D eigenvalue weighted by Crippen LogP contribution is 2.22. The van der Waals surface area contributed by atoms with Crippen LogP contribution in [-0.2, 0) is 6.54 Å². The van der Waals surface area contributed by atoms with E-state index in [9.17, 15) is 0 Å². The Morgan fingerprint density at radius 1 is 1.32 bits per heavy atom. The molecule has 106 valence electrons. The standard InChI is InChI=1S/C16H26N2O/c1-13-4-5-16(19-3)15(10-13)12-18(2)11-14-6-8-17-9-7-14/h4-5,10,14,17H,6-9,11-12H2,1-3H3. The van der Waals surface area contributed by atoms with Crippen LogP contribution in [0.4, 0.5) is 0 Å². The molecule has 1 aromatic carbocycles. The van der Waals surface area contributed by atoms with Crippen molar-refractivity contribution in [2.24, 2.45) is 5.92 Å². The molecule has 1 fully saturated rings. The van der Waals surface area contributed by atoms with Crippen molar-refractivity contribution in [3.63, 3.8) is 0 Å². The van der Waals surface area contributed by atoms with E-state index in [2.05, 4.69) is 42.4 Å². The molecule has 1 aliphatic rings. The Bertz CT molecular complexity index is 400. The Morgan fingerprint density at radius 2 is 2.05 bits per heavy atom. The zero-order valence-corrected chi connectivity index (χ0v) is 12.4. The van der Waals surface area contributed by atoms with Gasteiger partial charge in [0, 0.05) is 18.7 Å². The molecule has 0 bridgehead atoms. The van der Waals surface area contributed by atoms with Crippen molar-refractivity contribution >= 4 is 0 Å². The molecule has 1 saturated heterocycles. The van der Waals surface area contributed by atoms with Crippen molar-refractivity contribution in [3.8, 4) is 5.75 Å². The number of piperidine rings is 1. The summed E-state index contributed by atoms with van der Waals surface area (Å²) in [7, 11) is 3.96. The van der Waals surface area contributed by atoms with E-state index >= 15 is 0 Å². The SMILES string of the molecule is COc1ccc(C)cc1CN(C)CC1CCNCC1. The Kier molecular flexibility index (Phi) is 5.23. The second-order valence-corrected chi connectivity index (χ2v) is 5.71. The van der Waals surface area contributed by atoms with E-state index in [1.54, 1.807) is 7.11 Å². The van der Waals surface area contributed by atoms with Crippen LogP contribution in [-0.4, -0.2) is 38.7 Å². The molecule has 0 saturated carbocycles. The summed E-state index contributed by atoms with van der Waals surface area (Å²) >= 11 is 0. The number of ether oxygens (including phenoxy) is 1. The lowest BCUT2D eigenvalue weighted by molar-refractivity contribution is 0.232. The first-order valence-electron chi connectivity index (χ1n) is 7.22. The van der Waals surface area contributed by atoms with Gasteiger partial charge in [-0.3, -0.25) is 0 Å². The number of aryl methyl sites for hydroxylation is 1. The summed E-state index contributed by atoms with van der Waals surface area (Å²) in [5, 5.41) is 3.42. The van der Waals surface area contributed by atoms with Crippen LogP contribution >= 0.6 is 0 Å². The Labute approximate surface area is 116 Å². The Morgan fingerprint density at radius 3 is 2.74 bits per heavy atom. The van der Waals surface area contributed by atoms with E-state index in [-0.39, 0.29) is 0 Å². The molecule has 3 nitrogen and oxygen atoms in total. The average Bonchev–Trinajstić information content (AvgIpc) is 2.40. The zero-order valence-electron chi connectivity index (χ0n) is 12.4. The molecule has 1 aromatic rings. The van der Waals surface area contributed by atoms with Gasteiger partial charge in [-0.1, -0.05) is 17.7 Å². The largest absolute Gasteiger partial charge is 0.496 e. The fourth-order valence-corrected chi connectivity index (χ4v) is 2.89. The van der Waals surface area contributed by atoms with Gasteiger partial charge < -0.3 is 15.0 Å². The van der Waals surface area contributed by atoms with Gasteiger partial charge in [0.1, 0.15) is 5.75 Å². The van der Waals surface area contributed by atoms with Crippen LogP contribution in [0.2, 0.25) is 0 Å². The van der Waals surface area contributed by atoms with Crippen LogP contribution < -0.4 is 10.1 Å². The topological polar surface area (TPSA) is 24.5 Å². The predicted octanol–water partition coefficient (Wildman–Crippen LogP) is 2.44. The molecule has 0 amide bonds. The van der Waals surface area contributed by atoms with Crippen molar-refractivity contribution in [1.29, 1.82) is 0 Å². The second kappa shape index (κ2) is 6.92. The lowest BCUT2D eigenvalue weighted by Crippen LogP contribution is -2.34. The van der Waals surface area contributed by atoms with Gasteiger partial charge in [0.15, 0.2) is 0 Å². The van der Waals surface area contributed by atoms with Gasteiger partial charge in [-0.15, -0.1) is 0 Å². The summed E-state index contributed by atoms with van der Waals surface area (Å²) in [6.07, 6.45) is 2.60. The molecule has 1 heterocycles. The molecule has 0 aromatic heterocycles. The first kappa shape index (κ1) is 14.4. The van der Waals surface area contributed by atoms with Gasteiger partial charge in [-0.2, -0.15) is 0 Å². The highest BCUT2D eigenvalue weighted by molar-refractivity contribution is 5.36. The highest BCUT2D eigenvalue weighted by atomic mass is 16.5. The van der Waals surface area contributed by atoms with Gasteiger partial charge in [0.05, 0.1) is 7.11 Å². The van der Waals surface area contributed by atoms with Crippen molar-refractivity contribution < 1.29 is 4.74 Å². The minimum Gasteiger partial charge on any atom is -0.496 e. The number of methoxy groups -OCH3 is 1. The third-order valence-corrected chi connectivity index (χ3v) is 3.90. The minimum atomic E-state index is 0.835. The van der Waals surface area contributed by atoms with Gasteiger partial charge in [0.2, 0.25) is 0 Å². The molecule has 0 radical (unpaired) electrons. The normalized spacial score (nSPS) is 16.8. The van der Waals surface area contributed by atoms with E-state index in [1.165, 1.54) is 43.6 Å². The average molecular weight is 262 g/mol. The lowest BCUT2D eigenvalue weighted by Gasteiger charge is -2.28. The molecule has 1 aliphatic heterocycles. The maximum absolute atomic E-state index is 5.45. The Hall–Kier alpha value is -1.06. The number of nitrogens with zero attached hydrogens (tertiary/aromatic N) is 1. The Balaban J connectivity index is 1.93. The predicted molar refractivity (Wildman–Crippen MR) is 79.7 cm³/mol. The molecule has 1 N–H and O–H groups in total. The maximum atomic E-state index is 5.45. The maximum Gasteiger partial charge on any atom is 0.123 e. The highest BCUT2D eigenvalue weighted by Gasteiger charge is 2.16. The van der Waals surface area contributed by atoms with E-state index in [1.807, 2.05) is 0 Å². The van der Waals surface area contributed by atoms with Crippen molar-refractivity contribution in [3.05, 3.63) is 29.3 Å². The third-order valence-electron chi connectivity index (χ3n) is 3.90. The van der Waals surface area contributed by atoms with Crippen molar-refractivity contribution in [2.75, 3.05) is 33.8 Å². The van der Waals surface area contributed by atoms with E-state index in [0.29, 0.717) is 0 Å². The summed E-state index contributed by atoms with van der Waals surface area (Å²) in [6.45, 7) is 6.63. The summed E-state index contributed by atoms with van der Waals surface area (Å²) in [4.78, 5) is 2.42. The molecule has 0 spiro atoms. The fraction of sp³-hybridized carbons (Fsp3) is 0.625. The van der Waals surface area contributed by atoms with Gasteiger partial charge >= 0.3 is 0 Å².